The molecule has 0 atom stereocenters. The van der Waals surface area contributed by atoms with Crippen molar-refractivity contribution in [3.8, 4) is 28.7 Å². The topological polar surface area (TPSA) is 96.5 Å². The Morgan fingerprint density at radius 1 is 1.12 bits per heavy atom. The third-order valence-corrected chi connectivity index (χ3v) is 7.08. The standard InChI is InChI=1S/C25H18N6OS2/c1-31-23(29-30-25(31)34-15-22(32)28-24-17(14-26)11-12-33-24)19-13-21(16-7-3-2-4-8-16)27-20-10-6-5-9-18(19)20/h2-13H,15H2,1H3,(H,28,32). The number of amides is 1. The van der Waals surface area contributed by atoms with Crippen molar-refractivity contribution >= 4 is 44.9 Å². The zero-order valence-corrected chi connectivity index (χ0v) is 19.7. The molecule has 5 rings (SSSR count). The molecule has 3 heterocycles. The molecule has 0 saturated heterocycles. The Hall–Kier alpha value is -4.00. The van der Waals surface area contributed by atoms with E-state index in [2.05, 4.69) is 21.6 Å². The molecule has 1 amide bonds. The Kier molecular flexibility index (Phi) is 6.08. The second-order valence-corrected chi connectivity index (χ2v) is 9.27. The van der Waals surface area contributed by atoms with Gasteiger partial charge in [0.2, 0.25) is 5.91 Å². The van der Waals surface area contributed by atoms with Gasteiger partial charge < -0.3 is 9.88 Å². The first kappa shape index (κ1) is 21.8. The first-order chi connectivity index (χ1) is 16.6. The third kappa shape index (κ3) is 4.29. The van der Waals surface area contributed by atoms with Crippen molar-refractivity contribution < 1.29 is 4.79 Å². The van der Waals surface area contributed by atoms with Gasteiger partial charge in [-0.1, -0.05) is 60.3 Å². The van der Waals surface area contributed by atoms with Crippen LogP contribution in [0.4, 0.5) is 5.00 Å². The molecule has 0 radical (unpaired) electrons. The van der Waals surface area contributed by atoms with Crippen LogP contribution in [-0.4, -0.2) is 31.4 Å². The van der Waals surface area contributed by atoms with Crippen LogP contribution >= 0.6 is 23.1 Å². The molecule has 0 spiro atoms. The maximum atomic E-state index is 12.4. The van der Waals surface area contributed by atoms with Crippen LogP contribution in [0, 0.1) is 11.3 Å². The minimum Gasteiger partial charge on any atom is -0.316 e. The molecule has 166 valence electrons. The van der Waals surface area contributed by atoms with Crippen LogP contribution in [0.3, 0.4) is 0 Å². The summed E-state index contributed by atoms with van der Waals surface area (Å²) in [5.74, 6) is 0.652. The summed E-state index contributed by atoms with van der Waals surface area (Å²) in [7, 11) is 1.89. The number of benzene rings is 2. The number of carbonyl (C=O) groups is 1. The fraction of sp³-hybridized carbons (Fsp3) is 0.0800. The van der Waals surface area contributed by atoms with Crippen LogP contribution in [0.2, 0.25) is 0 Å². The van der Waals surface area contributed by atoms with Gasteiger partial charge in [0.05, 0.1) is 22.5 Å². The molecule has 0 aliphatic heterocycles. The molecule has 0 aliphatic carbocycles. The highest BCUT2D eigenvalue weighted by Gasteiger charge is 2.17. The van der Waals surface area contributed by atoms with Crippen LogP contribution in [0.25, 0.3) is 33.5 Å². The minimum absolute atomic E-state index is 0.154. The summed E-state index contributed by atoms with van der Waals surface area (Å²) in [6.45, 7) is 0. The molecule has 7 nitrogen and oxygen atoms in total. The van der Waals surface area contributed by atoms with Crippen molar-refractivity contribution in [2.45, 2.75) is 5.16 Å². The summed E-state index contributed by atoms with van der Waals surface area (Å²) in [6, 6.07) is 23.8. The van der Waals surface area contributed by atoms with E-state index in [9.17, 15) is 4.79 Å². The maximum absolute atomic E-state index is 12.4. The maximum Gasteiger partial charge on any atom is 0.235 e. The van der Waals surface area contributed by atoms with E-state index in [0.717, 1.165) is 27.7 Å². The molecule has 0 aliphatic rings. The van der Waals surface area contributed by atoms with Crippen molar-refractivity contribution in [2.24, 2.45) is 7.05 Å². The number of anilines is 1. The highest BCUT2D eigenvalue weighted by Crippen LogP contribution is 2.32. The third-order valence-electron chi connectivity index (χ3n) is 5.23. The molecule has 0 saturated carbocycles. The Morgan fingerprint density at radius 2 is 1.91 bits per heavy atom. The normalized spacial score (nSPS) is 10.8. The van der Waals surface area contributed by atoms with Crippen molar-refractivity contribution in [1.82, 2.24) is 19.7 Å². The van der Waals surface area contributed by atoms with Crippen LogP contribution in [0.15, 0.2) is 77.3 Å². The van der Waals surface area contributed by atoms with Gasteiger partial charge in [0.15, 0.2) is 11.0 Å². The van der Waals surface area contributed by atoms with Crippen LogP contribution in [-0.2, 0) is 11.8 Å². The number of hydrogen-bond acceptors (Lipinski definition) is 7. The average Bonchev–Trinajstić information content (AvgIpc) is 3.48. The predicted molar refractivity (Wildman–Crippen MR) is 136 cm³/mol. The van der Waals surface area contributed by atoms with Gasteiger partial charge in [-0.2, -0.15) is 5.26 Å². The largest absolute Gasteiger partial charge is 0.316 e. The zero-order chi connectivity index (χ0) is 23.5. The van der Waals surface area contributed by atoms with Gasteiger partial charge in [-0.05, 0) is 23.6 Å². The molecule has 3 aromatic heterocycles. The van der Waals surface area contributed by atoms with Crippen LogP contribution in [0.1, 0.15) is 5.56 Å². The lowest BCUT2D eigenvalue weighted by Gasteiger charge is -2.10. The molecule has 1 N–H and O–H groups in total. The summed E-state index contributed by atoms with van der Waals surface area (Å²) in [5, 5.41) is 24.6. The quantitative estimate of drug-likeness (QED) is 0.327. The van der Waals surface area contributed by atoms with E-state index in [-0.39, 0.29) is 11.7 Å². The number of nitriles is 1. The monoisotopic (exact) mass is 482 g/mol. The number of thiophene rings is 1. The van der Waals surface area contributed by atoms with E-state index in [1.54, 1.807) is 11.4 Å². The van der Waals surface area contributed by atoms with Crippen molar-refractivity contribution in [1.29, 1.82) is 5.26 Å². The number of carbonyl (C=O) groups excluding carboxylic acids is 1. The molecule has 0 fully saturated rings. The highest BCUT2D eigenvalue weighted by molar-refractivity contribution is 7.99. The molecule has 5 aromatic rings. The fourth-order valence-corrected chi connectivity index (χ4v) is 5.04. The first-order valence-electron chi connectivity index (χ1n) is 10.4. The second kappa shape index (κ2) is 9.47. The summed E-state index contributed by atoms with van der Waals surface area (Å²) >= 11 is 2.62. The van der Waals surface area contributed by atoms with Crippen molar-refractivity contribution in [2.75, 3.05) is 11.1 Å². The van der Waals surface area contributed by atoms with E-state index in [0.29, 0.717) is 21.5 Å². The molecule has 9 heteroatoms. The second-order valence-electron chi connectivity index (χ2n) is 7.42. The Bertz CT molecular complexity index is 1530. The highest BCUT2D eigenvalue weighted by atomic mass is 32.2. The number of pyridine rings is 1. The van der Waals surface area contributed by atoms with E-state index >= 15 is 0 Å². The summed E-state index contributed by atoms with van der Waals surface area (Å²) in [6.07, 6.45) is 0. The van der Waals surface area contributed by atoms with Gasteiger partial charge in [-0.15, -0.1) is 21.5 Å². The predicted octanol–water partition coefficient (Wildman–Crippen LogP) is 5.36. The molecule has 0 bridgehead atoms. The lowest BCUT2D eigenvalue weighted by molar-refractivity contribution is -0.113. The number of thioether (sulfide) groups is 1. The fourth-order valence-electron chi connectivity index (χ4n) is 3.58. The number of rotatable bonds is 6. The smallest absolute Gasteiger partial charge is 0.235 e. The number of fused-ring (bicyclic) bond motifs is 1. The first-order valence-corrected chi connectivity index (χ1v) is 12.3. The molecule has 34 heavy (non-hydrogen) atoms. The van der Waals surface area contributed by atoms with Gasteiger partial charge in [-0.3, -0.25) is 4.79 Å². The summed E-state index contributed by atoms with van der Waals surface area (Å²) < 4.78 is 1.89. The van der Waals surface area contributed by atoms with Crippen LogP contribution in [0.5, 0.6) is 0 Å². The van der Waals surface area contributed by atoms with Gasteiger partial charge >= 0.3 is 0 Å². The molecular formula is C25H18N6OS2. The summed E-state index contributed by atoms with van der Waals surface area (Å²) in [4.78, 5) is 17.3. The lowest BCUT2D eigenvalue weighted by atomic mass is 10.0. The van der Waals surface area contributed by atoms with E-state index in [1.165, 1.54) is 23.1 Å². The lowest BCUT2D eigenvalue weighted by Crippen LogP contribution is -2.14. The number of aromatic nitrogens is 4. The Morgan fingerprint density at radius 3 is 2.74 bits per heavy atom. The molecular weight excluding hydrogens is 464 g/mol. The summed E-state index contributed by atoms with van der Waals surface area (Å²) in [5.41, 5.74) is 4.14. The van der Waals surface area contributed by atoms with Crippen molar-refractivity contribution in [3.05, 3.63) is 77.7 Å². The van der Waals surface area contributed by atoms with Gasteiger partial charge in [-0.25, -0.2) is 4.98 Å². The molecule has 2 aromatic carbocycles. The molecule has 0 unspecified atom stereocenters. The Balaban J connectivity index is 1.43. The van der Waals surface area contributed by atoms with Gasteiger partial charge in [0.25, 0.3) is 0 Å². The number of para-hydroxylation sites is 1. The minimum atomic E-state index is -0.200. The number of hydrogen-bond donors (Lipinski definition) is 1. The van der Waals surface area contributed by atoms with Crippen molar-refractivity contribution in [3.63, 3.8) is 0 Å². The Labute approximate surface area is 204 Å². The number of nitrogens with zero attached hydrogens (tertiary/aromatic N) is 5. The zero-order valence-electron chi connectivity index (χ0n) is 18.1. The average molecular weight is 483 g/mol. The van der Waals surface area contributed by atoms with Gasteiger partial charge in [0, 0.05) is 23.6 Å². The SMILES string of the molecule is Cn1c(SCC(=O)Nc2sccc2C#N)nnc1-c1cc(-c2ccccc2)nc2ccccc12. The number of nitrogens with one attached hydrogen (secondary N) is 1. The van der Waals surface area contributed by atoms with E-state index in [4.69, 9.17) is 10.2 Å². The van der Waals surface area contributed by atoms with E-state index in [1.807, 2.05) is 72.3 Å². The van der Waals surface area contributed by atoms with Crippen LogP contribution < -0.4 is 5.32 Å². The van der Waals surface area contributed by atoms with E-state index < -0.39 is 0 Å². The van der Waals surface area contributed by atoms with Gasteiger partial charge in [0.1, 0.15) is 11.1 Å².